The predicted octanol–water partition coefficient (Wildman–Crippen LogP) is 7.75. The molecule has 1 aliphatic carbocycles. The second kappa shape index (κ2) is 8.87. The highest BCUT2D eigenvalue weighted by molar-refractivity contribution is 9.10. The van der Waals surface area contributed by atoms with E-state index in [0.29, 0.717) is 6.07 Å². The number of rotatable bonds is 4. The van der Waals surface area contributed by atoms with Gasteiger partial charge in [-0.05, 0) is 72.0 Å². The molecule has 1 aliphatic heterocycles. The third-order valence-corrected chi connectivity index (χ3v) is 8.63. The molecule has 3 aromatic rings. The Morgan fingerprint density at radius 2 is 1.77 bits per heavy atom. The molecule has 0 fully saturated rings. The normalized spacial score (nSPS) is 21.2. The zero-order valence-corrected chi connectivity index (χ0v) is 21.1. The summed E-state index contributed by atoms with van der Waals surface area (Å²) in [4.78, 5) is -0.0253. The molecule has 5 rings (SSSR count). The van der Waals surface area contributed by atoms with Crippen LogP contribution in [0.1, 0.15) is 35.1 Å². The van der Waals surface area contributed by atoms with Gasteiger partial charge in [0.1, 0.15) is 0 Å². The maximum absolute atomic E-state index is 13.2. The fraction of sp³-hybridized carbons (Fsp3) is 0.200. The highest BCUT2D eigenvalue weighted by Gasteiger charge is 2.38. The fourth-order valence-corrected chi connectivity index (χ4v) is 6.33. The van der Waals surface area contributed by atoms with Crippen LogP contribution in [0.25, 0.3) is 0 Å². The molecule has 0 unspecified atom stereocenters. The Morgan fingerprint density at radius 1 is 1.03 bits per heavy atom. The van der Waals surface area contributed by atoms with Gasteiger partial charge in [-0.2, -0.15) is 13.2 Å². The second-order valence-corrected chi connectivity index (χ2v) is 11.6. The lowest BCUT2D eigenvalue weighted by Crippen LogP contribution is -2.29. The monoisotopic (exact) mass is 582 g/mol. The van der Waals surface area contributed by atoms with Gasteiger partial charge in [-0.15, -0.1) is 0 Å². The minimum atomic E-state index is -4.70. The summed E-state index contributed by atoms with van der Waals surface area (Å²) in [5.41, 5.74) is 1.49. The van der Waals surface area contributed by atoms with Gasteiger partial charge in [0.15, 0.2) is 0 Å². The van der Waals surface area contributed by atoms with Gasteiger partial charge in [0.2, 0.25) is 0 Å². The first-order valence-electron chi connectivity index (χ1n) is 10.7. The van der Waals surface area contributed by atoms with E-state index in [2.05, 4.69) is 50.3 Å². The molecule has 0 saturated heterocycles. The summed E-state index contributed by atoms with van der Waals surface area (Å²) in [7, 11) is -4.14. The molecule has 10 heteroatoms. The van der Waals surface area contributed by atoms with Crippen molar-refractivity contribution in [2.75, 3.05) is 10.0 Å². The number of fused-ring (bicyclic) bond motifs is 3. The van der Waals surface area contributed by atoms with E-state index >= 15 is 0 Å². The Bertz CT molecular complexity index is 1430. The third kappa shape index (κ3) is 4.69. The lowest BCUT2D eigenvalue weighted by atomic mass is 9.77. The van der Waals surface area contributed by atoms with Gasteiger partial charge < -0.3 is 5.32 Å². The van der Waals surface area contributed by atoms with E-state index in [9.17, 15) is 21.6 Å². The van der Waals surface area contributed by atoms with Crippen molar-refractivity contribution in [2.45, 2.75) is 29.5 Å². The van der Waals surface area contributed by atoms with Crippen molar-refractivity contribution >= 4 is 48.9 Å². The van der Waals surface area contributed by atoms with Crippen LogP contribution < -0.4 is 10.0 Å². The van der Waals surface area contributed by atoms with E-state index in [1.165, 1.54) is 12.1 Å². The fourth-order valence-electron chi connectivity index (χ4n) is 4.76. The van der Waals surface area contributed by atoms with Crippen LogP contribution in [-0.2, 0) is 16.2 Å². The molecule has 0 saturated carbocycles. The molecule has 4 nitrogen and oxygen atoms in total. The van der Waals surface area contributed by atoms with Gasteiger partial charge in [-0.1, -0.05) is 51.8 Å². The molecule has 35 heavy (non-hydrogen) atoms. The van der Waals surface area contributed by atoms with Gasteiger partial charge in [0.05, 0.1) is 21.5 Å². The van der Waals surface area contributed by atoms with E-state index in [1.807, 2.05) is 12.1 Å². The number of nitrogens with one attached hydrogen (secondary N) is 2. The average Bonchev–Trinajstić information content (AvgIpc) is 3.29. The van der Waals surface area contributed by atoms with Crippen molar-refractivity contribution in [1.82, 2.24) is 0 Å². The van der Waals surface area contributed by atoms with Crippen LogP contribution in [0.5, 0.6) is 0 Å². The molecule has 0 bridgehead atoms. The number of alkyl halides is 3. The van der Waals surface area contributed by atoms with E-state index in [4.69, 9.17) is 11.6 Å². The largest absolute Gasteiger partial charge is 0.417 e. The Labute approximate surface area is 214 Å². The second-order valence-electron chi connectivity index (χ2n) is 8.57. The summed E-state index contributed by atoms with van der Waals surface area (Å²) < 4.78 is 69.0. The maximum atomic E-state index is 13.2. The smallest absolute Gasteiger partial charge is 0.378 e. The standard InChI is InChI=1S/C25H19BrClF3N2O2S/c26-15-6-4-14(5-7-15)24-19-3-1-2-18(19)20-13-17(9-11-23(20)31-24)35(33,34)32-16-8-10-22(27)21(12-16)25(28,29)30/h1-2,4-13,18-19,24,31-32H,3H2/t18-,19+,24+/m0/s1. The summed E-state index contributed by atoms with van der Waals surface area (Å²) in [5, 5.41) is 3.05. The molecule has 2 aliphatic rings. The Morgan fingerprint density at radius 3 is 2.49 bits per heavy atom. The number of sulfonamides is 1. The number of allylic oxidation sites excluding steroid dienone is 2. The maximum Gasteiger partial charge on any atom is 0.417 e. The van der Waals surface area contributed by atoms with Gasteiger partial charge in [-0.3, -0.25) is 4.72 Å². The molecule has 0 aromatic heterocycles. The Hall–Kier alpha value is -2.49. The van der Waals surface area contributed by atoms with Crippen molar-refractivity contribution in [1.29, 1.82) is 0 Å². The van der Waals surface area contributed by atoms with Crippen molar-refractivity contribution in [2.24, 2.45) is 5.92 Å². The predicted molar refractivity (Wildman–Crippen MR) is 134 cm³/mol. The van der Waals surface area contributed by atoms with Gasteiger partial charge in [0, 0.05) is 21.8 Å². The minimum absolute atomic E-state index is 0.0161. The Balaban J connectivity index is 1.46. The quantitative estimate of drug-likeness (QED) is 0.309. The van der Waals surface area contributed by atoms with Crippen molar-refractivity contribution < 1.29 is 21.6 Å². The van der Waals surface area contributed by atoms with Crippen LogP contribution in [0, 0.1) is 5.92 Å². The number of hydrogen-bond acceptors (Lipinski definition) is 3. The number of benzene rings is 3. The van der Waals surface area contributed by atoms with E-state index in [0.717, 1.165) is 33.8 Å². The Kier molecular flexibility index (Phi) is 6.14. The van der Waals surface area contributed by atoms with Crippen molar-refractivity contribution in [3.05, 3.63) is 99.0 Å². The highest BCUT2D eigenvalue weighted by Crippen LogP contribution is 2.50. The molecule has 2 N–H and O–H groups in total. The summed E-state index contributed by atoms with van der Waals surface area (Å²) in [6.07, 6.45) is 0.335. The van der Waals surface area contributed by atoms with Crippen LogP contribution in [0.15, 0.2) is 82.2 Å². The zero-order valence-electron chi connectivity index (χ0n) is 18.0. The van der Waals surface area contributed by atoms with Crippen LogP contribution >= 0.6 is 27.5 Å². The average molecular weight is 584 g/mol. The summed E-state index contributed by atoms with van der Waals surface area (Å²) >= 11 is 9.11. The summed E-state index contributed by atoms with van der Waals surface area (Å²) in [6.45, 7) is 0. The molecule has 0 amide bonds. The highest BCUT2D eigenvalue weighted by atomic mass is 79.9. The first-order chi connectivity index (χ1) is 16.5. The molecular formula is C25H19BrClF3N2O2S. The molecule has 1 heterocycles. The molecular weight excluding hydrogens is 565 g/mol. The SMILES string of the molecule is O=S(=O)(Nc1ccc(Cl)c(C(F)(F)F)c1)c1ccc2c(c1)[C@H]1C=CC[C@H]1[C@@H](c1ccc(Br)cc1)N2. The first kappa shape index (κ1) is 24.2. The molecule has 3 atom stereocenters. The van der Waals surface area contributed by atoms with E-state index in [1.54, 1.807) is 12.1 Å². The lowest BCUT2D eigenvalue weighted by Gasteiger charge is -2.37. The molecule has 3 aromatic carbocycles. The van der Waals surface area contributed by atoms with E-state index < -0.39 is 26.8 Å². The summed E-state index contributed by atoms with van der Waals surface area (Å²) in [6, 6.07) is 15.8. The zero-order chi connectivity index (χ0) is 25.0. The van der Waals surface area contributed by atoms with Crippen LogP contribution in [-0.4, -0.2) is 8.42 Å². The summed E-state index contributed by atoms with van der Waals surface area (Å²) in [5.74, 6) is 0.225. The number of anilines is 2. The molecule has 0 radical (unpaired) electrons. The van der Waals surface area contributed by atoms with Crippen molar-refractivity contribution in [3.63, 3.8) is 0 Å². The van der Waals surface area contributed by atoms with Crippen LogP contribution in [0.4, 0.5) is 24.5 Å². The van der Waals surface area contributed by atoms with Crippen molar-refractivity contribution in [3.8, 4) is 0 Å². The number of hydrogen-bond donors (Lipinski definition) is 2. The van der Waals surface area contributed by atoms with Crippen LogP contribution in [0.3, 0.4) is 0 Å². The van der Waals surface area contributed by atoms with Gasteiger partial charge in [-0.25, -0.2) is 8.42 Å². The van der Waals surface area contributed by atoms with Crippen LogP contribution in [0.2, 0.25) is 5.02 Å². The molecule has 0 spiro atoms. The molecule has 182 valence electrons. The third-order valence-electron chi connectivity index (χ3n) is 6.40. The lowest BCUT2D eigenvalue weighted by molar-refractivity contribution is -0.137. The first-order valence-corrected chi connectivity index (χ1v) is 13.4. The minimum Gasteiger partial charge on any atom is -0.378 e. The van der Waals surface area contributed by atoms with E-state index in [-0.39, 0.29) is 28.5 Å². The number of halogens is 5. The van der Waals surface area contributed by atoms with Gasteiger partial charge in [0.25, 0.3) is 10.0 Å². The van der Waals surface area contributed by atoms with Gasteiger partial charge >= 0.3 is 6.18 Å². The topological polar surface area (TPSA) is 58.2 Å².